The highest BCUT2D eigenvalue weighted by molar-refractivity contribution is 5.25. The minimum absolute atomic E-state index is 0.0895. The molecule has 0 heterocycles. The molecule has 3 fully saturated rings. The normalized spacial score (nSPS) is 46.0. The summed E-state index contributed by atoms with van der Waals surface area (Å²) in [5.41, 5.74) is 2.49. The van der Waals surface area contributed by atoms with E-state index in [0.717, 1.165) is 48.9 Å². The second-order valence-electron chi connectivity index (χ2n) is 11.5. The second-order valence-corrected chi connectivity index (χ2v) is 11.5. The molecule has 0 radical (unpaired) electrons. The zero-order chi connectivity index (χ0) is 20.1. The summed E-state index contributed by atoms with van der Waals surface area (Å²) in [6, 6.07) is 0. The molecule has 0 aromatic carbocycles. The van der Waals surface area contributed by atoms with Crippen molar-refractivity contribution in [3.63, 3.8) is 0 Å². The van der Waals surface area contributed by atoms with Crippen LogP contribution in [0.2, 0.25) is 0 Å². The molecular weight excluding hydrogens is 340 g/mol. The van der Waals surface area contributed by atoms with E-state index >= 15 is 0 Å². The van der Waals surface area contributed by atoms with Crippen molar-refractivity contribution in [3.8, 4) is 11.8 Å². The average Bonchev–Trinajstić information content (AvgIpc) is 2.99. The van der Waals surface area contributed by atoms with Crippen molar-refractivity contribution in [1.82, 2.24) is 0 Å². The lowest BCUT2D eigenvalue weighted by Gasteiger charge is -2.58. The van der Waals surface area contributed by atoms with Gasteiger partial charge in [0.1, 0.15) is 0 Å². The van der Waals surface area contributed by atoms with Gasteiger partial charge in [0.2, 0.25) is 0 Å². The molecule has 0 spiro atoms. The predicted octanol–water partition coefficient (Wildman–Crippen LogP) is 6.61. The number of allylic oxidation sites excluding steroid dienone is 1. The third kappa shape index (κ3) is 3.29. The fourth-order valence-electron chi connectivity index (χ4n) is 8.18. The molecular formula is C27H42O. The summed E-state index contributed by atoms with van der Waals surface area (Å²) in [6.07, 6.45) is 13.7. The van der Waals surface area contributed by atoms with Gasteiger partial charge in [-0.3, -0.25) is 0 Å². The molecule has 1 nitrogen and oxygen atoms in total. The maximum Gasteiger partial charge on any atom is 0.0577 e. The van der Waals surface area contributed by atoms with Crippen molar-refractivity contribution in [1.29, 1.82) is 0 Å². The molecule has 1 N–H and O–H groups in total. The predicted molar refractivity (Wildman–Crippen MR) is 118 cm³/mol. The van der Waals surface area contributed by atoms with Gasteiger partial charge >= 0.3 is 0 Å². The Morgan fingerprint density at radius 2 is 1.86 bits per heavy atom. The van der Waals surface area contributed by atoms with Gasteiger partial charge in [-0.2, -0.15) is 0 Å². The minimum atomic E-state index is -0.0895. The number of hydrogen-bond donors (Lipinski definition) is 1. The summed E-state index contributed by atoms with van der Waals surface area (Å²) in [7, 11) is 0. The Kier molecular flexibility index (Phi) is 5.50. The summed E-state index contributed by atoms with van der Waals surface area (Å²) in [6.45, 7) is 12.1. The van der Waals surface area contributed by atoms with E-state index in [1.165, 1.54) is 38.5 Å². The number of fused-ring (bicyclic) bond motifs is 5. The summed E-state index contributed by atoms with van der Waals surface area (Å²) >= 11 is 0. The molecule has 0 saturated heterocycles. The van der Waals surface area contributed by atoms with Gasteiger partial charge in [-0.1, -0.05) is 46.3 Å². The van der Waals surface area contributed by atoms with Gasteiger partial charge in [-0.15, -0.1) is 11.8 Å². The van der Waals surface area contributed by atoms with Crippen LogP contribution in [0.25, 0.3) is 0 Å². The van der Waals surface area contributed by atoms with E-state index in [4.69, 9.17) is 0 Å². The molecule has 0 bridgehead atoms. The van der Waals surface area contributed by atoms with Crippen LogP contribution in [0.3, 0.4) is 0 Å². The highest BCUT2D eigenvalue weighted by Gasteiger charge is 2.59. The molecule has 0 amide bonds. The third-order valence-electron chi connectivity index (χ3n) is 9.65. The molecule has 156 valence electrons. The first kappa shape index (κ1) is 20.5. The molecule has 0 unspecified atom stereocenters. The van der Waals surface area contributed by atoms with Crippen molar-refractivity contribution >= 4 is 0 Å². The molecule has 4 rings (SSSR count). The standard InChI is InChI=1S/C27H42O/c1-18(2)7-6-8-19(3)23-11-12-24-22-10-9-20-17-21(28)13-15-26(20,4)25(22)14-16-27(23,24)5/h9,18-19,21-25,28H,8,10-17H2,1-5H3/t19-,21+,22+,23-,24+,25+,26+,27-/m1/s1. The Labute approximate surface area is 173 Å². The van der Waals surface area contributed by atoms with E-state index in [1.807, 2.05) is 0 Å². The Hall–Kier alpha value is -0.740. The average molecular weight is 383 g/mol. The molecule has 0 aromatic rings. The van der Waals surface area contributed by atoms with Crippen molar-refractivity contribution in [3.05, 3.63) is 11.6 Å². The Morgan fingerprint density at radius 3 is 2.61 bits per heavy atom. The lowest BCUT2D eigenvalue weighted by molar-refractivity contribution is -0.0563. The molecule has 1 heteroatoms. The van der Waals surface area contributed by atoms with E-state index in [2.05, 4.69) is 52.5 Å². The zero-order valence-corrected chi connectivity index (χ0v) is 18.9. The van der Waals surface area contributed by atoms with E-state index in [0.29, 0.717) is 16.7 Å². The third-order valence-corrected chi connectivity index (χ3v) is 9.65. The van der Waals surface area contributed by atoms with Crippen molar-refractivity contribution in [2.45, 2.75) is 98.5 Å². The van der Waals surface area contributed by atoms with Crippen LogP contribution in [-0.2, 0) is 0 Å². The first-order valence-electron chi connectivity index (χ1n) is 12.1. The molecule has 0 aromatic heterocycles. The summed E-state index contributed by atoms with van der Waals surface area (Å²) in [5, 5.41) is 10.2. The van der Waals surface area contributed by atoms with Crippen LogP contribution in [0.1, 0.15) is 92.4 Å². The SMILES string of the molecule is CC(C)C#CC[C@@H](C)[C@H]1CC[C@H]2[C@@H]3CC=C4C[C@@H](O)CC[C@]4(C)[C@H]3CC[C@]12C. The number of hydrogen-bond acceptors (Lipinski definition) is 1. The van der Waals surface area contributed by atoms with E-state index in [-0.39, 0.29) is 6.10 Å². The van der Waals surface area contributed by atoms with Crippen LogP contribution in [0.15, 0.2) is 11.6 Å². The number of rotatable bonds is 2. The van der Waals surface area contributed by atoms with E-state index in [1.54, 1.807) is 5.57 Å². The molecule has 4 aliphatic carbocycles. The van der Waals surface area contributed by atoms with Gasteiger partial charge in [-0.05, 0) is 91.8 Å². The smallest absolute Gasteiger partial charge is 0.0577 e. The maximum absolute atomic E-state index is 10.2. The Bertz CT molecular complexity index is 678. The largest absolute Gasteiger partial charge is 0.393 e. The van der Waals surface area contributed by atoms with Crippen LogP contribution in [-0.4, -0.2) is 11.2 Å². The number of aliphatic hydroxyl groups is 1. The topological polar surface area (TPSA) is 20.2 Å². The fourth-order valence-corrected chi connectivity index (χ4v) is 8.18. The van der Waals surface area contributed by atoms with Gasteiger partial charge in [0.25, 0.3) is 0 Å². The van der Waals surface area contributed by atoms with Gasteiger partial charge in [0.15, 0.2) is 0 Å². The highest BCUT2D eigenvalue weighted by atomic mass is 16.3. The lowest BCUT2D eigenvalue weighted by Crippen LogP contribution is -2.50. The summed E-state index contributed by atoms with van der Waals surface area (Å²) in [4.78, 5) is 0. The zero-order valence-electron chi connectivity index (χ0n) is 18.9. The van der Waals surface area contributed by atoms with Crippen LogP contribution in [0.4, 0.5) is 0 Å². The lowest BCUT2D eigenvalue weighted by atomic mass is 9.47. The van der Waals surface area contributed by atoms with Crippen LogP contribution >= 0.6 is 0 Å². The van der Waals surface area contributed by atoms with Crippen molar-refractivity contribution in [2.75, 3.05) is 0 Å². The molecule has 3 saturated carbocycles. The fraction of sp³-hybridized carbons (Fsp3) is 0.852. The molecule has 4 aliphatic rings. The summed E-state index contributed by atoms with van der Waals surface area (Å²) < 4.78 is 0. The first-order valence-corrected chi connectivity index (χ1v) is 12.1. The van der Waals surface area contributed by atoms with Gasteiger partial charge in [0.05, 0.1) is 6.10 Å². The number of aliphatic hydroxyl groups excluding tert-OH is 1. The summed E-state index contributed by atoms with van der Waals surface area (Å²) in [5.74, 6) is 11.6. The van der Waals surface area contributed by atoms with Gasteiger partial charge in [0, 0.05) is 12.3 Å². The van der Waals surface area contributed by atoms with Crippen molar-refractivity contribution in [2.24, 2.45) is 46.3 Å². The van der Waals surface area contributed by atoms with E-state index in [9.17, 15) is 5.11 Å². The Morgan fingerprint density at radius 1 is 1.07 bits per heavy atom. The van der Waals surface area contributed by atoms with Crippen LogP contribution < -0.4 is 0 Å². The molecule has 28 heavy (non-hydrogen) atoms. The van der Waals surface area contributed by atoms with Gasteiger partial charge in [-0.25, -0.2) is 0 Å². The minimum Gasteiger partial charge on any atom is -0.393 e. The highest BCUT2D eigenvalue weighted by Crippen LogP contribution is 2.67. The molecule has 8 atom stereocenters. The monoisotopic (exact) mass is 382 g/mol. The van der Waals surface area contributed by atoms with Crippen LogP contribution in [0, 0.1) is 58.2 Å². The first-order chi connectivity index (χ1) is 13.3. The Balaban J connectivity index is 1.53. The quantitative estimate of drug-likeness (QED) is 0.421. The van der Waals surface area contributed by atoms with Crippen molar-refractivity contribution < 1.29 is 5.11 Å². The van der Waals surface area contributed by atoms with Gasteiger partial charge < -0.3 is 5.11 Å². The van der Waals surface area contributed by atoms with Crippen LogP contribution in [0.5, 0.6) is 0 Å². The second kappa shape index (κ2) is 7.50. The maximum atomic E-state index is 10.2. The van der Waals surface area contributed by atoms with E-state index < -0.39 is 0 Å². The molecule has 0 aliphatic heterocycles.